The average Bonchev–Trinajstić information content (AvgIpc) is 3.57. The van der Waals surface area contributed by atoms with E-state index in [9.17, 15) is 21.9 Å². The Morgan fingerprint density at radius 1 is 1.17 bits per heavy atom. The minimum Gasteiger partial charge on any atom is -0.395 e. The average molecular weight is 552 g/mol. The Kier molecular flexibility index (Phi) is 6.23. The van der Waals surface area contributed by atoms with Gasteiger partial charge in [-0.1, -0.05) is 29.5 Å². The zero-order valence-corrected chi connectivity index (χ0v) is 20.9. The van der Waals surface area contributed by atoms with Crippen molar-refractivity contribution in [3.05, 3.63) is 30.3 Å². The molecule has 2 aromatic heterocycles. The van der Waals surface area contributed by atoms with Crippen LogP contribution in [0, 0.1) is 0 Å². The van der Waals surface area contributed by atoms with E-state index in [1.165, 1.54) is 23.5 Å². The molecule has 1 aliphatic rings. The molecule has 36 heavy (non-hydrogen) atoms. The van der Waals surface area contributed by atoms with Crippen molar-refractivity contribution >= 4 is 46.7 Å². The fourth-order valence-electron chi connectivity index (χ4n) is 4.29. The van der Waals surface area contributed by atoms with Gasteiger partial charge in [0.1, 0.15) is 9.79 Å². The normalized spacial score (nSPS) is 18.7. The van der Waals surface area contributed by atoms with Crippen molar-refractivity contribution in [2.75, 3.05) is 18.9 Å². The molecule has 4 aromatic rings. The summed E-state index contributed by atoms with van der Waals surface area (Å²) in [5.41, 5.74) is 6.99. The van der Waals surface area contributed by atoms with Gasteiger partial charge in [-0.2, -0.15) is 5.21 Å². The lowest BCUT2D eigenvalue weighted by Crippen LogP contribution is -2.37. The number of fused-ring (bicyclic) bond motifs is 1. The van der Waals surface area contributed by atoms with Gasteiger partial charge in [-0.05, 0) is 29.3 Å². The number of thiazole rings is 1. The molecular weight excluding hydrogens is 530 g/mol. The van der Waals surface area contributed by atoms with Crippen molar-refractivity contribution < 1.29 is 21.9 Å². The van der Waals surface area contributed by atoms with Crippen LogP contribution in [0.4, 0.5) is 5.13 Å². The Morgan fingerprint density at radius 3 is 2.64 bits per heavy atom. The number of aromatic nitrogens is 5. The molecule has 1 fully saturated rings. The SMILES string of the molecule is Nc1nc2c(-c3ccc(S(=O)(=O)N[C@H]4CN[C@H](CO)C4)c(S(N)(=O)=O)c3-c3nn[nH]n3)cccc2s1. The number of sulfonamides is 2. The largest absolute Gasteiger partial charge is 0.395 e. The van der Waals surface area contributed by atoms with Gasteiger partial charge in [0.05, 0.1) is 22.4 Å². The summed E-state index contributed by atoms with van der Waals surface area (Å²) in [5, 5.41) is 31.8. The molecule has 190 valence electrons. The number of hydrogen-bond donors (Lipinski definition) is 6. The van der Waals surface area contributed by atoms with E-state index < -0.39 is 35.9 Å². The van der Waals surface area contributed by atoms with Crippen LogP contribution in [-0.4, -0.2) is 72.8 Å². The van der Waals surface area contributed by atoms with Crippen molar-refractivity contribution in [1.29, 1.82) is 0 Å². The van der Waals surface area contributed by atoms with E-state index in [4.69, 9.17) is 10.9 Å². The first-order valence-corrected chi connectivity index (χ1v) is 14.4. The number of nitrogens with two attached hydrogens (primary N) is 2. The molecule has 1 saturated heterocycles. The number of para-hydroxylation sites is 1. The van der Waals surface area contributed by atoms with Crippen molar-refractivity contribution in [3.63, 3.8) is 0 Å². The summed E-state index contributed by atoms with van der Waals surface area (Å²) < 4.78 is 55.9. The van der Waals surface area contributed by atoms with Crippen LogP contribution < -0.4 is 20.9 Å². The van der Waals surface area contributed by atoms with E-state index in [0.717, 1.165) is 4.70 Å². The van der Waals surface area contributed by atoms with Crippen LogP contribution in [-0.2, 0) is 20.0 Å². The zero-order chi connectivity index (χ0) is 25.7. The number of hydrogen-bond acceptors (Lipinski definition) is 12. The van der Waals surface area contributed by atoms with Crippen LogP contribution in [0.15, 0.2) is 40.1 Å². The number of rotatable bonds is 7. The van der Waals surface area contributed by atoms with Gasteiger partial charge in [0.25, 0.3) is 0 Å². The zero-order valence-electron chi connectivity index (χ0n) is 18.4. The number of nitrogens with one attached hydrogen (secondary N) is 3. The lowest BCUT2D eigenvalue weighted by Gasteiger charge is -2.18. The molecule has 0 aliphatic carbocycles. The molecule has 2 aromatic carbocycles. The van der Waals surface area contributed by atoms with Crippen LogP contribution >= 0.6 is 11.3 Å². The van der Waals surface area contributed by atoms with Crippen molar-refractivity contribution in [3.8, 4) is 22.5 Å². The van der Waals surface area contributed by atoms with Crippen molar-refractivity contribution in [1.82, 2.24) is 35.6 Å². The number of aliphatic hydroxyl groups excluding tert-OH is 1. The number of H-pyrrole nitrogens is 1. The highest BCUT2D eigenvalue weighted by Crippen LogP contribution is 2.41. The van der Waals surface area contributed by atoms with Crippen LogP contribution in [0.25, 0.3) is 32.7 Å². The third kappa shape index (κ3) is 4.45. The summed E-state index contributed by atoms with van der Waals surface area (Å²) in [6, 6.07) is 7.00. The summed E-state index contributed by atoms with van der Waals surface area (Å²) in [6.07, 6.45) is 0.323. The Bertz CT molecular complexity index is 1650. The lowest BCUT2D eigenvalue weighted by atomic mass is 9.98. The molecule has 0 bridgehead atoms. The Morgan fingerprint density at radius 2 is 1.97 bits per heavy atom. The molecule has 0 unspecified atom stereocenters. The summed E-state index contributed by atoms with van der Waals surface area (Å²) in [5.74, 6) is -0.172. The van der Waals surface area contributed by atoms with Gasteiger partial charge in [0.15, 0.2) is 5.13 Å². The molecule has 17 heteroatoms. The quantitative estimate of drug-likeness (QED) is 0.169. The van der Waals surface area contributed by atoms with Crippen LogP contribution in [0.2, 0.25) is 0 Å². The predicted molar refractivity (Wildman–Crippen MR) is 132 cm³/mol. The summed E-state index contributed by atoms with van der Waals surface area (Å²) in [6.45, 7) is 0.0994. The first-order valence-electron chi connectivity index (χ1n) is 10.5. The lowest BCUT2D eigenvalue weighted by molar-refractivity contribution is 0.254. The number of nitrogen functional groups attached to an aromatic ring is 1. The first kappa shape index (κ1) is 24.6. The molecule has 14 nitrogen and oxygen atoms in total. The molecule has 2 atom stereocenters. The molecule has 0 spiro atoms. The fourth-order valence-corrected chi connectivity index (χ4v) is 7.90. The third-order valence-corrected chi connectivity index (χ3v) is 9.29. The van der Waals surface area contributed by atoms with Gasteiger partial charge in [-0.3, -0.25) is 0 Å². The van der Waals surface area contributed by atoms with Gasteiger partial charge in [0.2, 0.25) is 25.9 Å². The topological polar surface area (TPSA) is 232 Å². The molecule has 1 aliphatic heterocycles. The molecule has 0 radical (unpaired) electrons. The molecule has 5 rings (SSSR count). The van der Waals surface area contributed by atoms with Gasteiger partial charge in [-0.15, -0.1) is 10.2 Å². The third-order valence-electron chi connectivity index (χ3n) is 5.75. The monoisotopic (exact) mass is 551 g/mol. The molecule has 0 amide bonds. The maximum absolute atomic E-state index is 13.4. The summed E-state index contributed by atoms with van der Waals surface area (Å²) in [7, 11) is -9.03. The molecule has 0 saturated carbocycles. The van der Waals surface area contributed by atoms with E-state index >= 15 is 0 Å². The Balaban J connectivity index is 1.76. The van der Waals surface area contributed by atoms with Gasteiger partial charge in [0, 0.05) is 24.2 Å². The smallest absolute Gasteiger partial charge is 0.242 e. The highest BCUT2D eigenvalue weighted by molar-refractivity contribution is 7.92. The number of primary sulfonamides is 1. The highest BCUT2D eigenvalue weighted by atomic mass is 32.2. The van der Waals surface area contributed by atoms with E-state index in [1.54, 1.807) is 18.2 Å². The fraction of sp³-hybridized carbons (Fsp3) is 0.263. The maximum atomic E-state index is 13.4. The van der Waals surface area contributed by atoms with Gasteiger partial charge >= 0.3 is 0 Å². The minimum absolute atomic E-state index is 0.147. The Labute approximate surface area is 209 Å². The van der Waals surface area contributed by atoms with E-state index in [2.05, 4.69) is 35.6 Å². The van der Waals surface area contributed by atoms with Crippen LogP contribution in [0.3, 0.4) is 0 Å². The second-order valence-corrected chi connectivity index (χ2v) is 12.4. The summed E-state index contributed by atoms with van der Waals surface area (Å²) >= 11 is 1.25. The first-order chi connectivity index (χ1) is 17.1. The second-order valence-electron chi connectivity index (χ2n) is 8.14. The maximum Gasteiger partial charge on any atom is 0.242 e. The van der Waals surface area contributed by atoms with E-state index in [1.807, 2.05) is 0 Å². The number of aliphatic hydroxyl groups is 1. The Hall–Kier alpha value is -3.06. The van der Waals surface area contributed by atoms with Crippen LogP contribution in [0.1, 0.15) is 6.42 Å². The molecular formula is C19H21N9O5S3. The number of aromatic amines is 1. The van der Waals surface area contributed by atoms with E-state index in [-0.39, 0.29) is 36.1 Å². The number of benzene rings is 2. The minimum atomic E-state index is -4.64. The molecule has 8 N–H and O–H groups in total. The van der Waals surface area contributed by atoms with Crippen LogP contribution in [0.5, 0.6) is 0 Å². The number of nitrogens with zero attached hydrogens (tertiary/aromatic N) is 4. The van der Waals surface area contributed by atoms with E-state index in [0.29, 0.717) is 22.6 Å². The van der Waals surface area contributed by atoms with Gasteiger partial charge < -0.3 is 16.2 Å². The van der Waals surface area contributed by atoms with Crippen molar-refractivity contribution in [2.45, 2.75) is 28.3 Å². The summed E-state index contributed by atoms with van der Waals surface area (Å²) in [4.78, 5) is 3.11. The number of tetrazole rings is 1. The van der Waals surface area contributed by atoms with Crippen molar-refractivity contribution in [2.24, 2.45) is 5.14 Å². The standard InChI is InChI=1S/C19H21N9O5S3/c20-19-23-16-12(2-1-3-13(16)34-19)11-4-5-14(36(32,33)26-9-6-10(8-29)22-7-9)17(35(21,30)31)15(11)18-24-27-28-25-18/h1-5,9-10,22,26,29H,6-8H2,(H2,20,23)(H2,21,30,31)(H,24,25,27,28)/t9-,10+/m1/s1. The number of anilines is 1. The highest BCUT2D eigenvalue weighted by Gasteiger charge is 2.35. The van der Waals surface area contributed by atoms with Gasteiger partial charge in [-0.25, -0.2) is 31.7 Å². The predicted octanol–water partition coefficient (Wildman–Crippen LogP) is -0.626. The second kappa shape index (κ2) is 9.11. The molecule has 3 heterocycles.